The van der Waals surface area contributed by atoms with Crippen LogP contribution in [0.25, 0.3) is 0 Å². The van der Waals surface area contributed by atoms with E-state index in [9.17, 15) is 0 Å². The minimum atomic E-state index is 0.797. The first-order chi connectivity index (χ1) is 7.77. The van der Waals surface area contributed by atoms with E-state index in [0.29, 0.717) is 0 Å². The van der Waals surface area contributed by atoms with Gasteiger partial charge in [0.2, 0.25) is 0 Å². The first-order valence-corrected chi connectivity index (χ1v) is 8.17. The zero-order valence-corrected chi connectivity index (χ0v) is 11.7. The molecule has 1 saturated heterocycles. The molecule has 0 aromatic heterocycles. The van der Waals surface area contributed by atoms with Crippen LogP contribution >= 0.6 is 11.8 Å². The number of hydrogen-bond acceptors (Lipinski definition) is 2. The zero-order chi connectivity index (χ0) is 11.4. The van der Waals surface area contributed by atoms with Gasteiger partial charge in [-0.05, 0) is 36.9 Å². The molecule has 0 aromatic carbocycles. The van der Waals surface area contributed by atoms with Crippen LogP contribution in [0.2, 0.25) is 0 Å². The van der Waals surface area contributed by atoms with Gasteiger partial charge in [-0.25, -0.2) is 0 Å². The molecule has 1 aliphatic carbocycles. The van der Waals surface area contributed by atoms with Gasteiger partial charge >= 0.3 is 0 Å². The molecule has 2 fully saturated rings. The number of rotatable bonds is 3. The first-order valence-electron chi connectivity index (χ1n) is 7.12. The summed E-state index contributed by atoms with van der Waals surface area (Å²) in [6, 6.07) is 0.797. The molecule has 0 spiro atoms. The summed E-state index contributed by atoms with van der Waals surface area (Å²) in [7, 11) is 0. The predicted molar refractivity (Wildman–Crippen MR) is 74.1 cm³/mol. The molecule has 2 heteroatoms. The summed E-state index contributed by atoms with van der Waals surface area (Å²) in [6.07, 6.45) is 8.61. The quantitative estimate of drug-likeness (QED) is 0.809. The van der Waals surface area contributed by atoms with E-state index in [-0.39, 0.29) is 0 Å². The molecular weight excluding hydrogens is 214 g/mol. The second-order valence-electron chi connectivity index (χ2n) is 5.77. The molecule has 16 heavy (non-hydrogen) atoms. The van der Waals surface area contributed by atoms with E-state index in [1.807, 2.05) is 0 Å². The molecule has 1 heterocycles. The lowest BCUT2D eigenvalue weighted by Gasteiger charge is -2.36. The van der Waals surface area contributed by atoms with Crippen LogP contribution in [-0.2, 0) is 0 Å². The summed E-state index contributed by atoms with van der Waals surface area (Å²) < 4.78 is 0. The van der Waals surface area contributed by atoms with Gasteiger partial charge in [0.1, 0.15) is 0 Å². The van der Waals surface area contributed by atoms with Crippen molar-refractivity contribution >= 4 is 11.8 Å². The van der Waals surface area contributed by atoms with E-state index < -0.39 is 0 Å². The molecule has 2 aliphatic rings. The fourth-order valence-corrected chi connectivity index (χ4v) is 4.37. The molecule has 1 N–H and O–H groups in total. The summed E-state index contributed by atoms with van der Waals surface area (Å²) in [6.45, 7) is 6.12. The van der Waals surface area contributed by atoms with E-state index in [0.717, 1.165) is 23.1 Å². The highest BCUT2D eigenvalue weighted by Gasteiger charge is 2.27. The van der Waals surface area contributed by atoms with Gasteiger partial charge in [0.15, 0.2) is 0 Å². The molecule has 1 saturated carbocycles. The third kappa shape index (κ3) is 3.40. The van der Waals surface area contributed by atoms with Gasteiger partial charge in [0.25, 0.3) is 0 Å². The van der Waals surface area contributed by atoms with Crippen LogP contribution in [0.1, 0.15) is 52.4 Å². The van der Waals surface area contributed by atoms with Gasteiger partial charge in [0.05, 0.1) is 0 Å². The predicted octanol–water partition coefficient (Wildman–Crippen LogP) is 3.69. The highest BCUT2D eigenvalue weighted by molar-refractivity contribution is 7.99. The van der Waals surface area contributed by atoms with Crippen LogP contribution in [0.15, 0.2) is 0 Å². The van der Waals surface area contributed by atoms with Crippen molar-refractivity contribution in [3.63, 3.8) is 0 Å². The van der Waals surface area contributed by atoms with E-state index in [2.05, 4.69) is 30.9 Å². The Labute approximate surface area is 105 Å². The molecular formula is C14H27NS. The smallest absolute Gasteiger partial charge is 0.0172 e. The molecule has 2 rings (SSSR count). The number of hydrogen-bond donors (Lipinski definition) is 1. The molecule has 4 unspecified atom stereocenters. The second-order valence-corrected chi connectivity index (χ2v) is 7.18. The fraction of sp³-hybridized carbons (Fsp3) is 1.00. The monoisotopic (exact) mass is 241 g/mol. The van der Waals surface area contributed by atoms with Crippen molar-refractivity contribution < 1.29 is 0 Å². The van der Waals surface area contributed by atoms with E-state index in [4.69, 9.17) is 0 Å². The lowest BCUT2D eigenvalue weighted by atomic mass is 9.78. The highest BCUT2D eigenvalue weighted by Crippen LogP contribution is 2.30. The maximum atomic E-state index is 3.85. The van der Waals surface area contributed by atoms with Crippen molar-refractivity contribution in [2.24, 2.45) is 11.8 Å². The Hall–Kier alpha value is 0.310. The summed E-state index contributed by atoms with van der Waals surface area (Å²) in [5.41, 5.74) is 0. The van der Waals surface area contributed by atoms with Gasteiger partial charge in [-0.15, -0.1) is 0 Å². The molecule has 0 amide bonds. The van der Waals surface area contributed by atoms with Crippen LogP contribution in [-0.4, -0.2) is 23.6 Å². The van der Waals surface area contributed by atoms with Crippen LogP contribution < -0.4 is 5.32 Å². The Morgan fingerprint density at radius 3 is 2.69 bits per heavy atom. The van der Waals surface area contributed by atoms with Crippen molar-refractivity contribution in [2.45, 2.75) is 63.7 Å². The van der Waals surface area contributed by atoms with Gasteiger partial charge < -0.3 is 5.32 Å². The maximum absolute atomic E-state index is 3.85. The fourth-order valence-electron chi connectivity index (χ4n) is 3.12. The van der Waals surface area contributed by atoms with Crippen LogP contribution in [0, 0.1) is 11.8 Å². The van der Waals surface area contributed by atoms with Crippen molar-refractivity contribution in [2.75, 3.05) is 12.3 Å². The first kappa shape index (κ1) is 12.8. The Bertz CT molecular complexity index is 201. The van der Waals surface area contributed by atoms with Crippen LogP contribution in [0.5, 0.6) is 0 Å². The van der Waals surface area contributed by atoms with Gasteiger partial charge in [0, 0.05) is 17.8 Å². The van der Waals surface area contributed by atoms with Gasteiger partial charge in [-0.1, -0.05) is 33.1 Å². The van der Waals surface area contributed by atoms with Crippen molar-refractivity contribution in [1.82, 2.24) is 5.32 Å². The van der Waals surface area contributed by atoms with Gasteiger partial charge in [-0.3, -0.25) is 0 Å². The Morgan fingerprint density at radius 2 is 1.94 bits per heavy atom. The standard InChI is InChI=1S/C14H27NS/c1-11-6-5-8-14(12(11)2)15-10-13-7-3-4-9-16-13/h11-15H,3-10H2,1-2H3. The van der Waals surface area contributed by atoms with Crippen molar-refractivity contribution in [1.29, 1.82) is 0 Å². The zero-order valence-electron chi connectivity index (χ0n) is 10.9. The second kappa shape index (κ2) is 6.30. The third-order valence-corrected chi connectivity index (χ3v) is 5.99. The van der Waals surface area contributed by atoms with Crippen LogP contribution in [0.3, 0.4) is 0 Å². The molecule has 0 radical (unpaired) electrons. The third-order valence-electron chi connectivity index (χ3n) is 4.59. The average Bonchev–Trinajstić information content (AvgIpc) is 2.32. The Balaban J connectivity index is 1.71. The molecule has 4 atom stereocenters. The number of thioether (sulfide) groups is 1. The Kier molecular flexibility index (Phi) is 5.02. The van der Waals surface area contributed by atoms with E-state index in [1.165, 1.54) is 50.8 Å². The summed E-state index contributed by atoms with van der Waals surface area (Å²) in [5.74, 6) is 3.19. The number of nitrogens with one attached hydrogen (secondary N) is 1. The normalized spacial score (nSPS) is 40.9. The van der Waals surface area contributed by atoms with Crippen molar-refractivity contribution in [3.8, 4) is 0 Å². The summed E-state index contributed by atoms with van der Waals surface area (Å²) in [4.78, 5) is 0. The minimum absolute atomic E-state index is 0.797. The van der Waals surface area contributed by atoms with Crippen LogP contribution in [0.4, 0.5) is 0 Å². The Morgan fingerprint density at radius 1 is 1.06 bits per heavy atom. The minimum Gasteiger partial charge on any atom is -0.313 e. The lowest BCUT2D eigenvalue weighted by Crippen LogP contribution is -2.43. The molecule has 94 valence electrons. The molecule has 1 aliphatic heterocycles. The van der Waals surface area contributed by atoms with Gasteiger partial charge in [-0.2, -0.15) is 11.8 Å². The van der Waals surface area contributed by atoms with Crippen molar-refractivity contribution in [3.05, 3.63) is 0 Å². The maximum Gasteiger partial charge on any atom is 0.0172 e. The lowest BCUT2D eigenvalue weighted by molar-refractivity contribution is 0.207. The average molecular weight is 241 g/mol. The summed E-state index contributed by atoms with van der Waals surface area (Å²) >= 11 is 2.19. The van der Waals surface area contributed by atoms with E-state index >= 15 is 0 Å². The van der Waals surface area contributed by atoms with E-state index in [1.54, 1.807) is 0 Å². The molecule has 0 bridgehead atoms. The summed E-state index contributed by atoms with van der Waals surface area (Å²) in [5, 5.41) is 4.75. The highest BCUT2D eigenvalue weighted by atomic mass is 32.2. The largest absolute Gasteiger partial charge is 0.313 e. The SMILES string of the molecule is CC1CCCC(NCC2CCCCS2)C1C. The topological polar surface area (TPSA) is 12.0 Å². The molecule has 0 aromatic rings. The molecule has 1 nitrogen and oxygen atoms in total.